The second-order valence-corrected chi connectivity index (χ2v) is 7.60. The Morgan fingerprint density at radius 1 is 0.967 bits per heavy atom. The van der Waals surface area contributed by atoms with Crippen LogP contribution in [-0.4, -0.2) is 26.2 Å². The van der Waals surface area contributed by atoms with Gasteiger partial charge in [0.1, 0.15) is 0 Å². The highest BCUT2D eigenvalue weighted by atomic mass is 16.5. The van der Waals surface area contributed by atoms with Crippen molar-refractivity contribution in [2.45, 2.75) is 58.9 Å². The maximum Gasteiger partial charge on any atom is 0.262 e. The number of benzene rings is 2. The number of hydrogen-bond donors (Lipinski definition) is 2. The first kappa shape index (κ1) is 23.7. The van der Waals surface area contributed by atoms with E-state index in [9.17, 15) is 4.79 Å². The number of unbranched alkanes of at least 4 members (excludes halogenated alkanes) is 5. The lowest BCUT2D eigenvalue weighted by Gasteiger charge is -2.15. The van der Waals surface area contributed by atoms with E-state index in [1.165, 1.54) is 38.5 Å². The summed E-state index contributed by atoms with van der Waals surface area (Å²) in [6.07, 6.45) is 7.67. The number of amides is 1. The molecule has 0 spiro atoms. The minimum absolute atomic E-state index is 0.0708. The van der Waals surface area contributed by atoms with Crippen LogP contribution in [0.1, 0.15) is 56.6 Å². The van der Waals surface area contributed by atoms with Gasteiger partial charge in [-0.1, -0.05) is 68.9 Å². The number of methoxy groups -OCH3 is 1. The Morgan fingerprint density at radius 2 is 1.70 bits per heavy atom. The van der Waals surface area contributed by atoms with Crippen LogP contribution in [0.25, 0.3) is 0 Å². The molecule has 0 aliphatic heterocycles. The Morgan fingerprint density at radius 3 is 2.43 bits per heavy atom. The third-order valence-corrected chi connectivity index (χ3v) is 4.99. The number of para-hydroxylation sites is 1. The van der Waals surface area contributed by atoms with Crippen molar-refractivity contribution in [2.24, 2.45) is 0 Å². The van der Waals surface area contributed by atoms with Gasteiger partial charge in [0, 0.05) is 17.8 Å². The summed E-state index contributed by atoms with van der Waals surface area (Å²) in [6.45, 7) is 5.83. The first-order valence-electron chi connectivity index (χ1n) is 11.0. The smallest absolute Gasteiger partial charge is 0.262 e. The summed E-state index contributed by atoms with van der Waals surface area (Å²) in [4.78, 5) is 12.3. The van der Waals surface area contributed by atoms with Crippen LogP contribution in [0.4, 0.5) is 5.69 Å². The largest absolute Gasteiger partial charge is 0.493 e. The van der Waals surface area contributed by atoms with E-state index in [4.69, 9.17) is 9.47 Å². The molecule has 164 valence electrons. The minimum Gasteiger partial charge on any atom is -0.493 e. The van der Waals surface area contributed by atoms with E-state index in [0.29, 0.717) is 18.0 Å². The van der Waals surface area contributed by atoms with Crippen LogP contribution >= 0.6 is 0 Å². The lowest BCUT2D eigenvalue weighted by Crippen LogP contribution is -2.21. The second kappa shape index (κ2) is 13.6. The van der Waals surface area contributed by atoms with E-state index in [1.807, 2.05) is 49.4 Å². The number of hydrogen-bond acceptors (Lipinski definition) is 4. The van der Waals surface area contributed by atoms with Crippen LogP contribution in [0.5, 0.6) is 11.5 Å². The maximum absolute atomic E-state index is 12.3. The number of aryl methyl sites for hydroxylation is 1. The van der Waals surface area contributed by atoms with E-state index in [-0.39, 0.29) is 12.5 Å². The quantitative estimate of drug-likeness (QED) is 0.404. The monoisotopic (exact) mass is 412 g/mol. The molecule has 30 heavy (non-hydrogen) atoms. The molecule has 0 bridgehead atoms. The van der Waals surface area contributed by atoms with Gasteiger partial charge >= 0.3 is 0 Å². The van der Waals surface area contributed by atoms with Crippen LogP contribution in [0, 0.1) is 6.92 Å². The average molecular weight is 413 g/mol. The van der Waals surface area contributed by atoms with Gasteiger partial charge in [-0.05, 0) is 38.1 Å². The van der Waals surface area contributed by atoms with Crippen molar-refractivity contribution in [1.29, 1.82) is 0 Å². The Hall–Kier alpha value is -2.53. The van der Waals surface area contributed by atoms with Gasteiger partial charge in [0.05, 0.1) is 7.11 Å². The molecule has 0 saturated carbocycles. The molecule has 2 N–H and O–H groups in total. The molecule has 2 aromatic rings. The number of carbonyl (C=O) groups excluding carboxylic acids is 1. The highest BCUT2D eigenvalue weighted by Crippen LogP contribution is 2.31. The predicted octanol–water partition coefficient (Wildman–Crippen LogP) is 5.47. The lowest BCUT2D eigenvalue weighted by molar-refractivity contribution is -0.118. The van der Waals surface area contributed by atoms with Crippen molar-refractivity contribution in [3.05, 3.63) is 53.6 Å². The molecule has 2 aromatic carbocycles. The van der Waals surface area contributed by atoms with Crippen LogP contribution in [0.3, 0.4) is 0 Å². The van der Waals surface area contributed by atoms with E-state index in [1.54, 1.807) is 7.11 Å². The molecule has 1 amide bonds. The molecule has 0 aliphatic carbocycles. The van der Waals surface area contributed by atoms with E-state index in [0.717, 1.165) is 23.4 Å². The maximum atomic E-state index is 12.3. The first-order chi connectivity index (χ1) is 14.6. The zero-order valence-electron chi connectivity index (χ0n) is 18.6. The molecule has 0 radical (unpaired) electrons. The third kappa shape index (κ3) is 8.46. The summed E-state index contributed by atoms with van der Waals surface area (Å²) >= 11 is 0. The number of rotatable bonds is 14. The summed E-state index contributed by atoms with van der Waals surface area (Å²) in [5.41, 5.74) is 2.90. The van der Waals surface area contributed by atoms with Gasteiger partial charge in [-0.15, -0.1) is 0 Å². The van der Waals surface area contributed by atoms with Gasteiger partial charge < -0.3 is 20.1 Å². The van der Waals surface area contributed by atoms with Crippen molar-refractivity contribution >= 4 is 11.6 Å². The fourth-order valence-electron chi connectivity index (χ4n) is 3.25. The molecule has 0 saturated heterocycles. The summed E-state index contributed by atoms with van der Waals surface area (Å²) in [7, 11) is 1.61. The minimum atomic E-state index is -0.198. The lowest BCUT2D eigenvalue weighted by atomic mass is 10.1. The third-order valence-electron chi connectivity index (χ3n) is 4.99. The molecular formula is C25H36N2O3. The van der Waals surface area contributed by atoms with Gasteiger partial charge in [0.2, 0.25) is 0 Å². The number of anilines is 1. The molecule has 5 nitrogen and oxygen atoms in total. The average Bonchev–Trinajstić information content (AvgIpc) is 2.76. The first-order valence-corrected chi connectivity index (χ1v) is 11.0. The summed E-state index contributed by atoms with van der Waals surface area (Å²) in [6, 6.07) is 13.5. The Kier molecular flexibility index (Phi) is 10.8. The summed E-state index contributed by atoms with van der Waals surface area (Å²) in [5, 5.41) is 6.34. The normalized spacial score (nSPS) is 10.6. The van der Waals surface area contributed by atoms with Crippen LogP contribution in [0.2, 0.25) is 0 Å². The molecule has 2 rings (SSSR count). The fourth-order valence-corrected chi connectivity index (χ4v) is 3.25. The Labute approximate surface area is 181 Å². The van der Waals surface area contributed by atoms with Crippen molar-refractivity contribution in [3.63, 3.8) is 0 Å². The topological polar surface area (TPSA) is 59.6 Å². The van der Waals surface area contributed by atoms with Gasteiger partial charge in [-0.2, -0.15) is 0 Å². The molecule has 0 unspecified atom stereocenters. The van der Waals surface area contributed by atoms with E-state index >= 15 is 0 Å². The highest BCUT2D eigenvalue weighted by molar-refractivity contribution is 5.91. The van der Waals surface area contributed by atoms with Crippen LogP contribution < -0.4 is 20.1 Å². The Bertz CT molecular complexity index is 759. The van der Waals surface area contributed by atoms with Crippen molar-refractivity contribution in [3.8, 4) is 11.5 Å². The van der Waals surface area contributed by atoms with Gasteiger partial charge in [0.25, 0.3) is 5.91 Å². The standard InChI is InChI=1S/C25H36N2O3/c1-4-5-6-7-8-9-17-26-18-21-11-10-12-23(29-3)25(21)30-19-24(28)27-22-15-13-20(2)14-16-22/h10-16,26H,4-9,17-19H2,1-3H3,(H,27,28). The number of carbonyl (C=O) groups is 1. The summed E-state index contributed by atoms with van der Waals surface area (Å²) < 4.78 is 11.3. The van der Waals surface area contributed by atoms with Gasteiger partial charge in [0.15, 0.2) is 18.1 Å². The van der Waals surface area contributed by atoms with Crippen molar-refractivity contribution in [2.75, 3.05) is 25.6 Å². The van der Waals surface area contributed by atoms with Gasteiger partial charge in [-0.25, -0.2) is 0 Å². The fraction of sp³-hybridized carbons (Fsp3) is 0.480. The van der Waals surface area contributed by atoms with E-state index < -0.39 is 0 Å². The zero-order chi connectivity index (χ0) is 21.6. The molecule has 0 heterocycles. The number of ether oxygens (including phenoxy) is 2. The predicted molar refractivity (Wildman–Crippen MR) is 123 cm³/mol. The molecule has 0 aromatic heterocycles. The second-order valence-electron chi connectivity index (χ2n) is 7.60. The number of nitrogens with one attached hydrogen (secondary N) is 2. The van der Waals surface area contributed by atoms with Crippen molar-refractivity contribution in [1.82, 2.24) is 5.32 Å². The highest BCUT2D eigenvalue weighted by Gasteiger charge is 2.13. The molecule has 0 atom stereocenters. The molecule has 0 aliphatic rings. The molecule has 0 fully saturated rings. The van der Waals surface area contributed by atoms with Crippen LogP contribution in [0.15, 0.2) is 42.5 Å². The zero-order valence-corrected chi connectivity index (χ0v) is 18.6. The van der Waals surface area contributed by atoms with Gasteiger partial charge in [-0.3, -0.25) is 4.79 Å². The summed E-state index contributed by atoms with van der Waals surface area (Å²) in [5.74, 6) is 1.06. The SMILES string of the molecule is CCCCCCCCNCc1cccc(OC)c1OCC(=O)Nc1ccc(C)cc1. The molecular weight excluding hydrogens is 376 g/mol. The van der Waals surface area contributed by atoms with E-state index in [2.05, 4.69) is 17.6 Å². The van der Waals surface area contributed by atoms with Crippen molar-refractivity contribution < 1.29 is 14.3 Å². The Balaban J connectivity index is 1.83. The van der Waals surface area contributed by atoms with Crippen LogP contribution in [-0.2, 0) is 11.3 Å². The molecule has 5 heteroatoms.